The quantitative estimate of drug-likeness (QED) is 0.320. The van der Waals surface area contributed by atoms with Gasteiger partial charge in [-0.05, 0) is 38.1 Å². The standard InChI is InChI=1S/C21H20FN5O/c1-3-27-19-8-7-15(14(2)25-28)12-18(19)24-20(27)13-26-10-9-23-21(26)16-5-4-6-17(22)11-16/h4-12,28H,3,13H2,1-2H3/b25-14+. The van der Waals surface area contributed by atoms with Gasteiger partial charge in [-0.3, -0.25) is 0 Å². The zero-order chi connectivity index (χ0) is 19.7. The molecule has 2 heterocycles. The van der Waals surface area contributed by atoms with Gasteiger partial charge in [-0.1, -0.05) is 23.4 Å². The van der Waals surface area contributed by atoms with Crippen LogP contribution in [0.1, 0.15) is 25.2 Å². The third kappa shape index (κ3) is 3.15. The zero-order valence-corrected chi connectivity index (χ0v) is 15.7. The summed E-state index contributed by atoms with van der Waals surface area (Å²) in [6.45, 7) is 5.09. The number of aromatic nitrogens is 4. The van der Waals surface area contributed by atoms with Crippen molar-refractivity contribution in [3.63, 3.8) is 0 Å². The van der Waals surface area contributed by atoms with Gasteiger partial charge in [-0.15, -0.1) is 0 Å². The van der Waals surface area contributed by atoms with Crippen LogP contribution in [-0.4, -0.2) is 30.0 Å². The van der Waals surface area contributed by atoms with Crippen molar-refractivity contribution in [2.45, 2.75) is 26.9 Å². The molecule has 0 aliphatic heterocycles. The molecule has 0 aliphatic rings. The summed E-state index contributed by atoms with van der Waals surface area (Å²) in [4.78, 5) is 9.19. The number of oxime groups is 1. The Morgan fingerprint density at radius 3 is 2.82 bits per heavy atom. The van der Waals surface area contributed by atoms with E-state index in [1.807, 2.05) is 35.0 Å². The van der Waals surface area contributed by atoms with E-state index in [0.717, 1.165) is 34.5 Å². The van der Waals surface area contributed by atoms with E-state index in [0.29, 0.717) is 18.1 Å². The summed E-state index contributed by atoms with van der Waals surface area (Å²) in [6, 6.07) is 12.2. The van der Waals surface area contributed by atoms with E-state index in [1.165, 1.54) is 12.1 Å². The summed E-state index contributed by atoms with van der Waals surface area (Å²) in [7, 11) is 0. The lowest BCUT2D eigenvalue weighted by Crippen LogP contribution is -2.08. The van der Waals surface area contributed by atoms with Crippen molar-refractivity contribution in [2.75, 3.05) is 0 Å². The summed E-state index contributed by atoms with van der Waals surface area (Å²) >= 11 is 0. The van der Waals surface area contributed by atoms with E-state index in [2.05, 4.69) is 21.6 Å². The van der Waals surface area contributed by atoms with Crippen molar-refractivity contribution in [1.29, 1.82) is 0 Å². The molecule has 7 heteroatoms. The Morgan fingerprint density at radius 2 is 2.07 bits per heavy atom. The summed E-state index contributed by atoms with van der Waals surface area (Å²) in [5, 5.41) is 12.3. The van der Waals surface area contributed by atoms with Crippen molar-refractivity contribution in [1.82, 2.24) is 19.1 Å². The first-order valence-electron chi connectivity index (χ1n) is 9.06. The molecule has 4 rings (SSSR count). The minimum absolute atomic E-state index is 0.290. The number of fused-ring (bicyclic) bond motifs is 1. The van der Waals surface area contributed by atoms with Crippen LogP contribution in [0.4, 0.5) is 4.39 Å². The van der Waals surface area contributed by atoms with Crippen LogP contribution < -0.4 is 0 Å². The number of rotatable bonds is 5. The average molecular weight is 377 g/mol. The second-order valence-corrected chi connectivity index (χ2v) is 6.55. The van der Waals surface area contributed by atoms with Gasteiger partial charge in [0.25, 0.3) is 0 Å². The monoisotopic (exact) mass is 377 g/mol. The molecule has 0 aliphatic carbocycles. The molecular formula is C21H20FN5O. The maximum absolute atomic E-state index is 13.6. The van der Waals surface area contributed by atoms with Crippen LogP contribution in [0.5, 0.6) is 0 Å². The number of aryl methyl sites for hydroxylation is 1. The summed E-state index contributed by atoms with van der Waals surface area (Å²) in [5.41, 5.74) is 3.94. The van der Waals surface area contributed by atoms with Gasteiger partial charge in [-0.25, -0.2) is 14.4 Å². The minimum atomic E-state index is -0.290. The van der Waals surface area contributed by atoms with Gasteiger partial charge in [0.1, 0.15) is 17.5 Å². The van der Waals surface area contributed by atoms with E-state index in [9.17, 15) is 4.39 Å². The number of nitrogens with zero attached hydrogens (tertiary/aromatic N) is 5. The first-order valence-corrected chi connectivity index (χ1v) is 9.06. The minimum Gasteiger partial charge on any atom is -0.411 e. The molecule has 0 saturated heterocycles. The smallest absolute Gasteiger partial charge is 0.140 e. The van der Waals surface area contributed by atoms with E-state index >= 15 is 0 Å². The van der Waals surface area contributed by atoms with Gasteiger partial charge < -0.3 is 14.3 Å². The molecule has 0 radical (unpaired) electrons. The molecular weight excluding hydrogens is 357 g/mol. The Bertz CT molecular complexity index is 1170. The van der Waals surface area contributed by atoms with Crippen LogP contribution in [0.25, 0.3) is 22.4 Å². The maximum atomic E-state index is 13.6. The molecule has 2 aromatic heterocycles. The van der Waals surface area contributed by atoms with Gasteiger partial charge in [0.05, 0.1) is 23.3 Å². The number of hydrogen-bond acceptors (Lipinski definition) is 4. The Morgan fingerprint density at radius 1 is 1.21 bits per heavy atom. The van der Waals surface area contributed by atoms with Crippen LogP contribution in [0, 0.1) is 5.82 Å². The normalized spacial score (nSPS) is 12.0. The van der Waals surface area contributed by atoms with E-state index < -0.39 is 0 Å². The highest BCUT2D eigenvalue weighted by atomic mass is 19.1. The first-order chi connectivity index (χ1) is 13.6. The molecule has 0 spiro atoms. The lowest BCUT2D eigenvalue weighted by atomic mass is 10.1. The van der Waals surface area contributed by atoms with Crippen LogP contribution in [-0.2, 0) is 13.1 Å². The van der Waals surface area contributed by atoms with E-state index in [1.54, 1.807) is 19.2 Å². The molecule has 2 aromatic carbocycles. The molecule has 0 unspecified atom stereocenters. The predicted octanol–water partition coefficient (Wildman–Crippen LogP) is 4.31. The van der Waals surface area contributed by atoms with E-state index in [4.69, 9.17) is 10.2 Å². The third-order valence-corrected chi connectivity index (χ3v) is 4.82. The summed E-state index contributed by atoms with van der Waals surface area (Å²) in [6.07, 6.45) is 3.58. The van der Waals surface area contributed by atoms with E-state index in [-0.39, 0.29) is 5.82 Å². The molecule has 28 heavy (non-hydrogen) atoms. The highest BCUT2D eigenvalue weighted by molar-refractivity contribution is 6.00. The van der Waals surface area contributed by atoms with Crippen LogP contribution in [0.15, 0.2) is 60.0 Å². The molecule has 6 nitrogen and oxygen atoms in total. The Balaban J connectivity index is 1.76. The van der Waals surface area contributed by atoms with Crippen molar-refractivity contribution >= 4 is 16.7 Å². The van der Waals surface area contributed by atoms with Crippen LogP contribution in [0.2, 0.25) is 0 Å². The largest absolute Gasteiger partial charge is 0.411 e. The molecule has 0 atom stereocenters. The summed E-state index contributed by atoms with van der Waals surface area (Å²) < 4.78 is 17.7. The second-order valence-electron chi connectivity index (χ2n) is 6.55. The molecule has 0 saturated carbocycles. The zero-order valence-electron chi connectivity index (χ0n) is 15.7. The van der Waals surface area contributed by atoms with Crippen LogP contribution >= 0.6 is 0 Å². The Kier molecular flexibility index (Phi) is 4.65. The summed E-state index contributed by atoms with van der Waals surface area (Å²) in [5.74, 6) is 1.28. The molecule has 0 amide bonds. The van der Waals surface area contributed by atoms with Gasteiger partial charge in [-0.2, -0.15) is 0 Å². The number of hydrogen-bond donors (Lipinski definition) is 1. The molecule has 4 aromatic rings. The lowest BCUT2D eigenvalue weighted by molar-refractivity contribution is 0.319. The van der Waals surface area contributed by atoms with Gasteiger partial charge in [0.2, 0.25) is 0 Å². The third-order valence-electron chi connectivity index (χ3n) is 4.82. The van der Waals surface area contributed by atoms with Gasteiger partial charge in [0.15, 0.2) is 0 Å². The predicted molar refractivity (Wildman–Crippen MR) is 106 cm³/mol. The topological polar surface area (TPSA) is 68.2 Å². The average Bonchev–Trinajstić information content (AvgIpc) is 3.30. The van der Waals surface area contributed by atoms with Crippen LogP contribution in [0.3, 0.4) is 0 Å². The Labute approximate surface area is 161 Å². The van der Waals surface area contributed by atoms with Gasteiger partial charge in [0, 0.05) is 30.1 Å². The number of imidazole rings is 2. The molecule has 1 N–H and O–H groups in total. The SMILES string of the molecule is CCn1c(Cn2ccnc2-c2cccc(F)c2)nc2cc(/C(C)=N/O)ccc21. The first kappa shape index (κ1) is 17.9. The molecule has 0 fully saturated rings. The Hall–Kier alpha value is -3.48. The maximum Gasteiger partial charge on any atom is 0.140 e. The van der Waals surface area contributed by atoms with Crippen molar-refractivity contribution in [3.05, 3.63) is 72.1 Å². The second kappa shape index (κ2) is 7.26. The highest BCUT2D eigenvalue weighted by Crippen LogP contribution is 2.22. The van der Waals surface area contributed by atoms with Crippen molar-refractivity contribution < 1.29 is 9.60 Å². The molecule has 142 valence electrons. The highest BCUT2D eigenvalue weighted by Gasteiger charge is 2.14. The lowest BCUT2D eigenvalue weighted by Gasteiger charge is -2.10. The fourth-order valence-corrected chi connectivity index (χ4v) is 3.41. The van der Waals surface area contributed by atoms with Gasteiger partial charge >= 0.3 is 0 Å². The number of halogens is 1. The molecule has 0 bridgehead atoms. The van der Waals surface area contributed by atoms with Crippen molar-refractivity contribution in [2.24, 2.45) is 5.16 Å². The fourth-order valence-electron chi connectivity index (χ4n) is 3.41. The fraction of sp³-hybridized carbons (Fsp3) is 0.190. The number of benzene rings is 2. The van der Waals surface area contributed by atoms with Crippen molar-refractivity contribution in [3.8, 4) is 11.4 Å².